The number of nitrogens with zero attached hydrogens (tertiary/aromatic N) is 2. The lowest BCUT2D eigenvalue weighted by Gasteiger charge is -2.39. The second-order valence-corrected chi connectivity index (χ2v) is 12.0. The third-order valence-electron chi connectivity index (χ3n) is 6.47. The first-order chi connectivity index (χ1) is 18.7. The summed E-state index contributed by atoms with van der Waals surface area (Å²) in [6.45, 7) is -2.17. The van der Waals surface area contributed by atoms with Gasteiger partial charge in [-0.05, 0) is 29.7 Å². The molecule has 1 aromatic carbocycles. The number of aromatic nitrogens is 2. The molecule has 18 heteroatoms. The molecule has 1 atom stereocenters. The number of carbonyl (C=O) groups is 2. The average molecular weight is 619 g/mol. The fourth-order valence-electron chi connectivity index (χ4n) is 4.91. The fourth-order valence-corrected chi connectivity index (χ4v) is 5.46. The molecule has 1 spiro atoms. The smallest absolute Gasteiger partial charge is 0.422 e. The van der Waals surface area contributed by atoms with Gasteiger partial charge in [-0.2, -0.15) is 31.4 Å². The molecular formula is C23H22F8N4O5S. The highest BCUT2D eigenvalue weighted by atomic mass is 32.2. The number of alkyl halides is 8. The summed E-state index contributed by atoms with van der Waals surface area (Å²) < 4.78 is 135. The van der Waals surface area contributed by atoms with Crippen LogP contribution in [0.3, 0.4) is 0 Å². The van der Waals surface area contributed by atoms with Crippen LogP contribution in [0.15, 0.2) is 18.2 Å². The second-order valence-electron chi connectivity index (χ2n) is 9.87. The van der Waals surface area contributed by atoms with E-state index in [0.717, 1.165) is 29.1 Å². The molecule has 41 heavy (non-hydrogen) atoms. The summed E-state index contributed by atoms with van der Waals surface area (Å²) in [4.78, 5) is 25.6. The van der Waals surface area contributed by atoms with Crippen molar-refractivity contribution in [2.45, 2.75) is 56.0 Å². The normalized spacial score (nSPS) is 20.0. The quantitative estimate of drug-likeness (QED) is 0.438. The molecule has 0 unspecified atom stereocenters. The summed E-state index contributed by atoms with van der Waals surface area (Å²) in [6, 6.07) is 3.11. The lowest BCUT2D eigenvalue weighted by Crippen LogP contribution is -2.59. The number of ether oxygens (including phenoxy) is 1. The first-order valence-electron chi connectivity index (χ1n) is 11.9. The van der Waals surface area contributed by atoms with E-state index in [1.807, 2.05) is 0 Å². The maximum Gasteiger partial charge on any atom is 0.422 e. The molecule has 0 radical (unpaired) electrons. The zero-order chi connectivity index (χ0) is 30.6. The second kappa shape index (κ2) is 10.1. The van der Waals surface area contributed by atoms with Crippen molar-refractivity contribution in [1.82, 2.24) is 15.1 Å². The van der Waals surface area contributed by atoms with E-state index in [2.05, 4.69) is 20.5 Å². The minimum atomic E-state index is -4.68. The van der Waals surface area contributed by atoms with Crippen molar-refractivity contribution in [3.8, 4) is 5.75 Å². The Bertz CT molecular complexity index is 1490. The summed E-state index contributed by atoms with van der Waals surface area (Å²) >= 11 is 0. The lowest BCUT2D eigenvalue weighted by molar-refractivity contribution is -0.153. The number of fused-ring (bicyclic) bond motifs is 3. The van der Waals surface area contributed by atoms with Crippen LogP contribution in [0.25, 0.3) is 0 Å². The highest BCUT2D eigenvalue weighted by molar-refractivity contribution is 7.91. The van der Waals surface area contributed by atoms with Gasteiger partial charge in [0.15, 0.2) is 16.4 Å². The van der Waals surface area contributed by atoms with Crippen LogP contribution in [0, 0.1) is 0 Å². The van der Waals surface area contributed by atoms with Gasteiger partial charge in [0.1, 0.15) is 28.4 Å². The maximum atomic E-state index is 15.6. The molecule has 226 valence electrons. The van der Waals surface area contributed by atoms with E-state index in [-0.39, 0.29) is 22.6 Å². The van der Waals surface area contributed by atoms with Crippen molar-refractivity contribution in [1.29, 1.82) is 0 Å². The third kappa shape index (κ3) is 6.56. The number of hydrogen-bond donors (Lipinski definition) is 2. The number of carbonyl (C=O) groups excluding carboxylic acids is 2. The van der Waals surface area contributed by atoms with Crippen LogP contribution in [-0.2, 0) is 39.6 Å². The van der Waals surface area contributed by atoms with Crippen LogP contribution in [-0.4, -0.2) is 66.9 Å². The third-order valence-corrected chi connectivity index (χ3v) is 7.26. The number of benzene rings is 1. The van der Waals surface area contributed by atoms with Gasteiger partial charge in [-0.15, -0.1) is 0 Å². The molecule has 2 aliphatic rings. The predicted molar refractivity (Wildman–Crippen MR) is 125 cm³/mol. The molecule has 2 aromatic rings. The lowest BCUT2D eigenvalue weighted by atomic mass is 9.80. The van der Waals surface area contributed by atoms with Gasteiger partial charge in [0, 0.05) is 32.1 Å². The molecule has 0 saturated carbocycles. The van der Waals surface area contributed by atoms with Gasteiger partial charge in [-0.1, -0.05) is 6.07 Å². The largest absolute Gasteiger partial charge is 0.484 e. The van der Waals surface area contributed by atoms with Crippen molar-refractivity contribution in [3.05, 3.63) is 40.6 Å². The van der Waals surface area contributed by atoms with Crippen molar-refractivity contribution in [3.63, 3.8) is 0 Å². The molecule has 0 saturated heterocycles. The number of nitrogens with one attached hydrogen (secondary N) is 2. The molecule has 0 bridgehead atoms. The Morgan fingerprint density at radius 2 is 1.83 bits per heavy atom. The minimum absolute atomic E-state index is 0.107. The van der Waals surface area contributed by atoms with Crippen molar-refractivity contribution in [2.24, 2.45) is 0 Å². The zero-order valence-corrected chi connectivity index (χ0v) is 21.9. The van der Waals surface area contributed by atoms with E-state index in [9.17, 15) is 44.3 Å². The molecule has 2 amide bonds. The van der Waals surface area contributed by atoms with Gasteiger partial charge >= 0.3 is 12.4 Å². The minimum Gasteiger partial charge on any atom is -0.484 e. The molecule has 1 aliphatic heterocycles. The van der Waals surface area contributed by atoms with E-state index in [0.29, 0.717) is 0 Å². The number of halogens is 8. The topological polar surface area (TPSA) is 119 Å². The molecule has 4 rings (SSSR count). The molecule has 2 N–H and O–H groups in total. The summed E-state index contributed by atoms with van der Waals surface area (Å²) in [7, 11) is -3.86. The molecule has 1 aliphatic carbocycles. The maximum absolute atomic E-state index is 15.6. The number of anilines is 1. The van der Waals surface area contributed by atoms with Gasteiger partial charge in [-0.25, -0.2) is 21.9 Å². The van der Waals surface area contributed by atoms with Crippen LogP contribution in [0.2, 0.25) is 0 Å². The highest BCUT2D eigenvalue weighted by Gasteiger charge is 2.63. The summed E-state index contributed by atoms with van der Waals surface area (Å²) in [5, 5.41) is 8.41. The Morgan fingerprint density at radius 3 is 2.44 bits per heavy atom. The van der Waals surface area contributed by atoms with E-state index in [1.54, 1.807) is 0 Å². The van der Waals surface area contributed by atoms with Crippen LogP contribution < -0.4 is 15.4 Å². The number of rotatable bonds is 8. The van der Waals surface area contributed by atoms with Gasteiger partial charge in [0.05, 0.1) is 5.69 Å². The predicted octanol–water partition coefficient (Wildman–Crippen LogP) is 3.52. The van der Waals surface area contributed by atoms with Gasteiger partial charge in [-0.3, -0.25) is 9.59 Å². The van der Waals surface area contributed by atoms with Gasteiger partial charge in [0.2, 0.25) is 5.91 Å². The van der Waals surface area contributed by atoms with Crippen molar-refractivity contribution in [2.75, 3.05) is 23.9 Å². The number of hydrogen-bond acceptors (Lipinski definition) is 6. The molecule has 1 aromatic heterocycles. The van der Waals surface area contributed by atoms with E-state index in [4.69, 9.17) is 0 Å². The van der Waals surface area contributed by atoms with E-state index >= 15 is 8.78 Å². The van der Waals surface area contributed by atoms with E-state index in [1.165, 1.54) is 0 Å². The average Bonchev–Trinajstić information content (AvgIpc) is 3.21. The molecule has 2 heterocycles. The van der Waals surface area contributed by atoms with Gasteiger partial charge < -0.3 is 15.4 Å². The Kier molecular flexibility index (Phi) is 7.54. The summed E-state index contributed by atoms with van der Waals surface area (Å²) in [5.41, 5.74) is -3.40. The SMILES string of the molecule is CS(=O)(=O)CC(=O)Nc1c2c(nn1CCCC(F)(F)F)C[C@@]1(NC2=O)c2ccc(OCC(F)(F)F)cc2CC1(F)F. The fraction of sp³-hybridized carbons (Fsp3) is 0.522. The summed E-state index contributed by atoms with van der Waals surface area (Å²) in [5.74, 6) is -7.82. The van der Waals surface area contributed by atoms with E-state index < -0.39 is 101 Å². The Hall–Kier alpha value is -3.44. The van der Waals surface area contributed by atoms with Crippen LogP contribution in [0.4, 0.5) is 40.9 Å². The number of sulfone groups is 1. The Labute approximate surface area is 227 Å². The molecular weight excluding hydrogens is 596 g/mol. The monoisotopic (exact) mass is 618 g/mol. The first kappa shape index (κ1) is 30.5. The molecule has 0 fully saturated rings. The first-order valence-corrected chi connectivity index (χ1v) is 13.9. The highest BCUT2D eigenvalue weighted by Crippen LogP contribution is 2.52. The van der Waals surface area contributed by atoms with Gasteiger partial charge in [0.25, 0.3) is 11.8 Å². The Morgan fingerprint density at radius 1 is 1.15 bits per heavy atom. The van der Waals surface area contributed by atoms with Crippen molar-refractivity contribution < 1.29 is 57.9 Å². The van der Waals surface area contributed by atoms with Crippen molar-refractivity contribution >= 4 is 27.5 Å². The van der Waals surface area contributed by atoms with Crippen LogP contribution in [0.5, 0.6) is 5.75 Å². The number of aryl methyl sites for hydroxylation is 1. The van der Waals surface area contributed by atoms with Crippen LogP contribution >= 0.6 is 0 Å². The standard InChI is InChI=1S/C23H22F8N4O5S/c1-41(38,39)10-16(36)32-18-17-15(34-35(18)6-2-5-22(26,27)28)9-20(33-19(17)37)14-4-3-13(40-11-23(29,30)31)7-12(14)8-21(20,24)25/h3-4,7H,2,5-6,8-11H2,1H3,(H,32,36)(H,33,37)/t20-/m1/s1. The van der Waals surface area contributed by atoms with Crippen LogP contribution in [0.1, 0.15) is 40.0 Å². The molecule has 9 nitrogen and oxygen atoms in total. The zero-order valence-electron chi connectivity index (χ0n) is 21.0. The summed E-state index contributed by atoms with van der Waals surface area (Å²) in [6.07, 6.45) is -12.0. The number of amides is 2. The Balaban J connectivity index is 1.72.